The molecule has 0 radical (unpaired) electrons. The van der Waals surface area contributed by atoms with Crippen LogP contribution >= 0.6 is 35.3 Å². The second kappa shape index (κ2) is 11.4. The molecule has 3 nitrogen and oxygen atoms in total. The van der Waals surface area contributed by atoms with Crippen LogP contribution in [0.4, 0.5) is 0 Å². The average Bonchev–Trinajstić information content (AvgIpc) is 2.89. The van der Waals surface area contributed by atoms with Gasteiger partial charge in [0.15, 0.2) is 5.96 Å². The van der Waals surface area contributed by atoms with Gasteiger partial charge in [0, 0.05) is 23.9 Å². The molecule has 0 aliphatic rings. The second-order valence-electron chi connectivity index (χ2n) is 5.25. The van der Waals surface area contributed by atoms with Crippen LogP contribution in [0, 0.1) is 5.92 Å². The SMILES string of the molecule is CCNC(=NCC(C)c1cccs1)NCCC(C)C.I. The number of halogens is 1. The Labute approximate surface area is 144 Å². The first-order chi connectivity index (χ1) is 9.13. The monoisotopic (exact) mass is 409 g/mol. The van der Waals surface area contributed by atoms with E-state index in [1.807, 2.05) is 11.3 Å². The van der Waals surface area contributed by atoms with Crippen molar-refractivity contribution in [2.75, 3.05) is 19.6 Å². The highest BCUT2D eigenvalue weighted by atomic mass is 127. The van der Waals surface area contributed by atoms with Gasteiger partial charge in [0.2, 0.25) is 0 Å². The van der Waals surface area contributed by atoms with E-state index in [4.69, 9.17) is 0 Å². The Morgan fingerprint density at radius 3 is 2.60 bits per heavy atom. The number of rotatable bonds is 7. The first kappa shape index (κ1) is 19.7. The largest absolute Gasteiger partial charge is 0.357 e. The standard InChI is InChI=1S/C15H27N3S.HI/c1-5-16-15(17-9-8-12(2)3)18-11-13(4)14-7-6-10-19-14;/h6-7,10,12-13H,5,8-9,11H2,1-4H3,(H2,16,17,18);1H. The zero-order valence-electron chi connectivity index (χ0n) is 13.0. The lowest BCUT2D eigenvalue weighted by molar-refractivity contribution is 0.573. The molecule has 0 spiro atoms. The Hall–Kier alpha value is -0.300. The lowest BCUT2D eigenvalue weighted by Gasteiger charge is -2.13. The molecule has 0 saturated heterocycles. The molecule has 1 heterocycles. The number of guanidine groups is 1. The molecular weight excluding hydrogens is 381 g/mol. The highest BCUT2D eigenvalue weighted by Crippen LogP contribution is 2.20. The van der Waals surface area contributed by atoms with Gasteiger partial charge >= 0.3 is 0 Å². The minimum atomic E-state index is 0. The van der Waals surface area contributed by atoms with Crippen LogP contribution in [0.25, 0.3) is 0 Å². The third-order valence-corrected chi connectivity index (χ3v) is 4.01. The van der Waals surface area contributed by atoms with Crippen molar-refractivity contribution in [2.24, 2.45) is 10.9 Å². The fourth-order valence-electron chi connectivity index (χ4n) is 1.71. The maximum absolute atomic E-state index is 4.67. The Morgan fingerprint density at radius 2 is 2.05 bits per heavy atom. The van der Waals surface area contributed by atoms with Gasteiger partial charge in [-0.05, 0) is 30.7 Å². The van der Waals surface area contributed by atoms with E-state index in [0.29, 0.717) is 5.92 Å². The highest BCUT2D eigenvalue weighted by molar-refractivity contribution is 14.0. The van der Waals surface area contributed by atoms with Crippen LogP contribution in [-0.2, 0) is 0 Å². The third kappa shape index (κ3) is 8.09. The predicted octanol–water partition coefficient (Wildman–Crippen LogP) is 4.07. The van der Waals surface area contributed by atoms with Crippen molar-refractivity contribution < 1.29 is 0 Å². The highest BCUT2D eigenvalue weighted by Gasteiger charge is 2.06. The summed E-state index contributed by atoms with van der Waals surface area (Å²) >= 11 is 1.81. The van der Waals surface area contributed by atoms with Crippen molar-refractivity contribution in [3.8, 4) is 0 Å². The van der Waals surface area contributed by atoms with Crippen molar-refractivity contribution in [2.45, 2.75) is 40.0 Å². The Balaban J connectivity index is 0.00000361. The molecule has 5 heteroatoms. The van der Waals surface area contributed by atoms with E-state index in [9.17, 15) is 0 Å². The van der Waals surface area contributed by atoms with Gasteiger partial charge in [-0.3, -0.25) is 4.99 Å². The molecule has 0 saturated carbocycles. The summed E-state index contributed by atoms with van der Waals surface area (Å²) in [6.07, 6.45) is 1.17. The maximum atomic E-state index is 4.67. The van der Waals surface area contributed by atoms with Crippen molar-refractivity contribution in [1.82, 2.24) is 10.6 Å². The maximum Gasteiger partial charge on any atom is 0.191 e. The van der Waals surface area contributed by atoms with E-state index in [0.717, 1.165) is 31.5 Å². The topological polar surface area (TPSA) is 36.4 Å². The summed E-state index contributed by atoms with van der Waals surface area (Å²) in [4.78, 5) is 6.07. The Morgan fingerprint density at radius 1 is 1.30 bits per heavy atom. The van der Waals surface area contributed by atoms with Gasteiger partial charge in [0.05, 0.1) is 6.54 Å². The van der Waals surface area contributed by atoms with Gasteiger partial charge in [-0.1, -0.05) is 26.8 Å². The fourth-order valence-corrected chi connectivity index (χ4v) is 2.49. The normalized spacial score (nSPS) is 12.9. The molecule has 0 aliphatic carbocycles. The van der Waals surface area contributed by atoms with Gasteiger partial charge in [-0.2, -0.15) is 0 Å². The minimum absolute atomic E-state index is 0. The molecule has 1 aromatic rings. The summed E-state index contributed by atoms with van der Waals surface area (Å²) < 4.78 is 0. The van der Waals surface area contributed by atoms with Crippen LogP contribution in [0.15, 0.2) is 22.5 Å². The third-order valence-electron chi connectivity index (χ3n) is 2.91. The lowest BCUT2D eigenvalue weighted by atomic mass is 10.1. The number of hydrogen-bond acceptors (Lipinski definition) is 2. The van der Waals surface area contributed by atoms with Crippen molar-refractivity contribution in [3.05, 3.63) is 22.4 Å². The van der Waals surface area contributed by atoms with Gasteiger partial charge < -0.3 is 10.6 Å². The molecule has 0 amide bonds. The molecule has 0 bridgehead atoms. The van der Waals surface area contributed by atoms with Crippen LogP contribution in [0.1, 0.15) is 44.9 Å². The summed E-state index contributed by atoms with van der Waals surface area (Å²) in [5.74, 6) is 2.15. The van der Waals surface area contributed by atoms with E-state index < -0.39 is 0 Å². The van der Waals surface area contributed by atoms with Crippen molar-refractivity contribution in [3.63, 3.8) is 0 Å². The van der Waals surface area contributed by atoms with E-state index in [2.05, 4.69) is 60.8 Å². The molecule has 20 heavy (non-hydrogen) atoms. The Bertz CT molecular complexity index is 363. The van der Waals surface area contributed by atoms with E-state index >= 15 is 0 Å². The molecule has 0 aromatic carbocycles. The second-order valence-corrected chi connectivity index (χ2v) is 6.22. The quantitative estimate of drug-likeness (QED) is 0.405. The molecule has 1 aromatic heterocycles. The van der Waals surface area contributed by atoms with Crippen LogP contribution in [0.5, 0.6) is 0 Å². The zero-order valence-corrected chi connectivity index (χ0v) is 16.1. The fraction of sp³-hybridized carbons (Fsp3) is 0.667. The lowest BCUT2D eigenvalue weighted by Crippen LogP contribution is -2.38. The van der Waals surface area contributed by atoms with E-state index in [-0.39, 0.29) is 24.0 Å². The first-order valence-corrected chi connectivity index (χ1v) is 8.07. The van der Waals surface area contributed by atoms with Crippen LogP contribution in [0.2, 0.25) is 0 Å². The smallest absolute Gasteiger partial charge is 0.191 e. The van der Waals surface area contributed by atoms with Crippen molar-refractivity contribution >= 4 is 41.3 Å². The van der Waals surface area contributed by atoms with Gasteiger partial charge in [-0.25, -0.2) is 0 Å². The molecule has 0 fully saturated rings. The number of hydrogen-bond donors (Lipinski definition) is 2. The molecule has 116 valence electrons. The predicted molar refractivity (Wildman–Crippen MR) is 102 cm³/mol. The summed E-state index contributed by atoms with van der Waals surface area (Å²) in [7, 11) is 0. The summed E-state index contributed by atoms with van der Waals surface area (Å²) in [6, 6.07) is 4.29. The number of nitrogens with zero attached hydrogens (tertiary/aromatic N) is 1. The van der Waals surface area contributed by atoms with Crippen molar-refractivity contribution in [1.29, 1.82) is 0 Å². The van der Waals surface area contributed by atoms with Gasteiger partial charge in [0.25, 0.3) is 0 Å². The molecule has 2 N–H and O–H groups in total. The van der Waals surface area contributed by atoms with E-state index in [1.54, 1.807) is 0 Å². The average molecular weight is 409 g/mol. The zero-order chi connectivity index (χ0) is 14.1. The summed E-state index contributed by atoms with van der Waals surface area (Å²) in [5.41, 5.74) is 0. The summed E-state index contributed by atoms with van der Waals surface area (Å²) in [5, 5.41) is 8.82. The van der Waals surface area contributed by atoms with Crippen LogP contribution < -0.4 is 10.6 Å². The molecule has 1 atom stereocenters. The Kier molecular flexibility index (Phi) is 11.2. The number of aliphatic imine (C=N–C) groups is 1. The molecule has 0 aliphatic heterocycles. The minimum Gasteiger partial charge on any atom is -0.357 e. The molecule has 1 unspecified atom stereocenters. The van der Waals surface area contributed by atoms with Gasteiger partial charge in [0.1, 0.15) is 0 Å². The van der Waals surface area contributed by atoms with Crippen LogP contribution in [-0.4, -0.2) is 25.6 Å². The summed E-state index contributed by atoms with van der Waals surface area (Å²) in [6.45, 7) is 11.5. The number of thiophene rings is 1. The first-order valence-electron chi connectivity index (χ1n) is 7.19. The molecular formula is C15H28IN3S. The van der Waals surface area contributed by atoms with E-state index in [1.165, 1.54) is 11.3 Å². The van der Waals surface area contributed by atoms with Gasteiger partial charge in [-0.15, -0.1) is 35.3 Å². The van der Waals surface area contributed by atoms with Crippen LogP contribution in [0.3, 0.4) is 0 Å². The molecule has 1 rings (SSSR count). The number of nitrogens with one attached hydrogen (secondary N) is 2.